The largest absolute Gasteiger partial charge is 0.452 e. The van der Waals surface area contributed by atoms with Crippen molar-refractivity contribution in [3.8, 4) is 0 Å². The number of esters is 1. The van der Waals surface area contributed by atoms with Gasteiger partial charge in [-0.2, -0.15) is 0 Å². The van der Waals surface area contributed by atoms with Gasteiger partial charge in [0.1, 0.15) is 0 Å². The molecular formula is C19H19NO4. The fourth-order valence-corrected chi connectivity index (χ4v) is 2.27. The molecule has 5 heteroatoms. The summed E-state index contributed by atoms with van der Waals surface area (Å²) in [6.45, 7) is 4.81. The molecule has 0 bridgehead atoms. The molecule has 0 spiro atoms. The third-order valence-corrected chi connectivity index (χ3v) is 3.58. The van der Waals surface area contributed by atoms with Crippen LogP contribution in [0.4, 0.5) is 5.69 Å². The summed E-state index contributed by atoms with van der Waals surface area (Å²) in [7, 11) is 0. The van der Waals surface area contributed by atoms with Gasteiger partial charge in [-0.25, -0.2) is 4.79 Å². The molecule has 1 N–H and O–H groups in total. The Bertz CT molecular complexity index is 775. The highest BCUT2D eigenvalue weighted by atomic mass is 16.5. The molecule has 2 aromatic rings. The van der Waals surface area contributed by atoms with E-state index in [1.165, 1.54) is 19.1 Å². The van der Waals surface area contributed by atoms with Crippen LogP contribution in [-0.4, -0.2) is 24.3 Å². The van der Waals surface area contributed by atoms with Crippen molar-refractivity contribution in [2.75, 3.05) is 11.9 Å². The van der Waals surface area contributed by atoms with Crippen molar-refractivity contribution in [1.29, 1.82) is 0 Å². The second kappa shape index (κ2) is 7.55. The van der Waals surface area contributed by atoms with Crippen LogP contribution in [0.3, 0.4) is 0 Å². The van der Waals surface area contributed by atoms with Crippen LogP contribution < -0.4 is 5.32 Å². The van der Waals surface area contributed by atoms with Crippen LogP contribution in [0.25, 0.3) is 0 Å². The van der Waals surface area contributed by atoms with Crippen molar-refractivity contribution in [2.45, 2.75) is 20.8 Å². The van der Waals surface area contributed by atoms with E-state index in [0.717, 1.165) is 16.8 Å². The normalized spacial score (nSPS) is 10.1. The second-order valence-corrected chi connectivity index (χ2v) is 5.53. The maximum atomic E-state index is 12.0. The molecule has 0 radical (unpaired) electrons. The summed E-state index contributed by atoms with van der Waals surface area (Å²) in [6.07, 6.45) is 0. The summed E-state index contributed by atoms with van der Waals surface area (Å²) in [4.78, 5) is 35.3. The number of Topliss-reactive ketones (excluding diaryl/α,β-unsaturated/α-hetero) is 1. The van der Waals surface area contributed by atoms with Gasteiger partial charge in [-0.05, 0) is 44.0 Å². The predicted molar refractivity (Wildman–Crippen MR) is 91.3 cm³/mol. The van der Waals surface area contributed by atoms with Gasteiger partial charge in [0.2, 0.25) is 0 Å². The maximum absolute atomic E-state index is 12.0. The zero-order valence-electron chi connectivity index (χ0n) is 13.9. The monoisotopic (exact) mass is 325 g/mol. The van der Waals surface area contributed by atoms with Crippen molar-refractivity contribution in [3.05, 3.63) is 64.7 Å². The number of carbonyl (C=O) groups excluding carboxylic acids is 3. The van der Waals surface area contributed by atoms with E-state index in [1.54, 1.807) is 12.1 Å². The van der Waals surface area contributed by atoms with Gasteiger partial charge in [-0.15, -0.1) is 0 Å². The van der Waals surface area contributed by atoms with Crippen LogP contribution in [0.2, 0.25) is 0 Å². The van der Waals surface area contributed by atoms with Crippen molar-refractivity contribution >= 4 is 23.3 Å². The quantitative estimate of drug-likeness (QED) is 0.676. The Hall–Kier alpha value is -2.95. The van der Waals surface area contributed by atoms with Crippen LogP contribution in [0.5, 0.6) is 0 Å². The van der Waals surface area contributed by atoms with Gasteiger partial charge >= 0.3 is 5.97 Å². The zero-order valence-corrected chi connectivity index (χ0v) is 13.9. The number of para-hydroxylation sites is 1. The summed E-state index contributed by atoms with van der Waals surface area (Å²) < 4.78 is 5.01. The Morgan fingerprint density at radius 3 is 2.17 bits per heavy atom. The molecule has 0 saturated heterocycles. The Morgan fingerprint density at radius 1 is 0.958 bits per heavy atom. The van der Waals surface area contributed by atoms with Gasteiger partial charge < -0.3 is 10.1 Å². The molecule has 2 aromatic carbocycles. The number of aryl methyl sites for hydroxylation is 2. The van der Waals surface area contributed by atoms with Gasteiger partial charge in [-0.1, -0.05) is 30.3 Å². The number of hydrogen-bond donors (Lipinski definition) is 1. The number of anilines is 1. The highest BCUT2D eigenvalue weighted by Crippen LogP contribution is 2.19. The Kier molecular flexibility index (Phi) is 5.47. The third kappa shape index (κ3) is 4.29. The molecule has 0 unspecified atom stereocenters. The second-order valence-electron chi connectivity index (χ2n) is 5.53. The number of ketones is 1. The smallest absolute Gasteiger partial charge is 0.338 e. The van der Waals surface area contributed by atoms with Gasteiger partial charge in [0, 0.05) is 11.3 Å². The summed E-state index contributed by atoms with van der Waals surface area (Å²) in [6, 6.07) is 11.9. The van der Waals surface area contributed by atoms with Crippen LogP contribution in [0, 0.1) is 13.8 Å². The highest BCUT2D eigenvalue weighted by molar-refractivity contribution is 5.99. The molecule has 124 valence electrons. The molecule has 0 saturated carbocycles. The van der Waals surface area contributed by atoms with Crippen molar-refractivity contribution in [3.63, 3.8) is 0 Å². The minimum Gasteiger partial charge on any atom is -0.452 e. The maximum Gasteiger partial charge on any atom is 0.338 e. The fraction of sp³-hybridized carbons (Fsp3) is 0.211. The average Bonchev–Trinajstić information content (AvgIpc) is 2.56. The summed E-state index contributed by atoms with van der Waals surface area (Å²) in [5.74, 6) is -1.20. The molecule has 0 fully saturated rings. The minimum atomic E-state index is -0.644. The zero-order chi connectivity index (χ0) is 17.7. The van der Waals surface area contributed by atoms with E-state index in [1.807, 2.05) is 32.0 Å². The van der Waals surface area contributed by atoms with Crippen LogP contribution in [0.15, 0.2) is 42.5 Å². The Labute approximate surface area is 140 Å². The predicted octanol–water partition coefficient (Wildman–Crippen LogP) is 3.30. The van der Waals surface area contributed by atoms with Gasteiger partial charge in [0.15, 0.2) is 12.4 Å². The van der Waals surface area contributed by atoms with Crippen LogP contribution >= 0.6 is 0 Å². The number of nitrogens with one attached hydrogen (secondary N) is 1. The van der Waals surface area contributed by atoms with E-state index in [0.29, 0.717) is 5.56 Å². The molecule has 0 atom stereocenters. The first-order valence-corrected chi connectivity index (χ1v) is 7.52. The molecule has 5 nitrogen and oxygen atoms in total. The first kappa shape index (κ1) is 17.4. The molecule has 0 aliphatic carbocycles. The fourth-order valence-electron chi connectivity index (χ4n) is 2.27. The molecule has 0 aromatic heterocycles. The van der Waals surface area contributed by atoms with E-state index in [9.17, 15) is 14.4 Å². The lowest BCUT2D eigenvalue weighted by molar-refractivity contribution is -0.119. The third-order valence-electron chi connectivity index (χ3n) is 3.58. The Morgan fingerprint density at radius 2 is 1.54 bits per heavy atom. The number of hydrogen-bond acceptors (Lipinski definition) is 4. The van der Waals surface area contributed by atoms with Gasteiger partial charge in [0.05, 0.1) is 5.56 Å². The molecule has 2 rings (SSSR count). The van der Waals surface area contributed by atoms with Crippen LogP contribution in [-0.2, 0) is 9.53 Å². The molecule has 0 aliphatic heterocycles. The van der Waals surface area contributed by atoms with E-state index in [-0.39, 0.29) is 11.3 Å². The molecule has 0 aliphatic rings. The lowest BCUT2D eigenvalue weighted by Crippen LogP contribution is -2.22. The lowest BCUT2D eigenvalue weighted by Gasteiger charge is -2.11. The molecule has 1 amide bonds. The standard InChI is InChI=1S/C19H19NO4/c1-12-6-4-7-13(2)18(12)20-17(22)11-24-19(23)16-9-5-8-15(10-16)14(3)21/h4-10H,11H2,1-3H3,(H,20,22). The lowest BCUT2D eigenvalue weighted by atomic mass is 10.1. The SMILES string of the molecule is CC(=O)c1cccc(C(=O)OCC(=O)Nc2c(C)cccc2C)c1. The number of ether oxygens (including phenoxy) is 1. The molecule has 24 heavy (non-hydrogen) atoms. The number of carbonyl (C=O) groups is 3. The van der Waals surface area contributed by atoms with E-state index in [2.05, 4.69) is 5.32 Å². The summed E-state index contributed by atoms with van der Waals surface area (Å²) >= 11 is 0. The van der Waals surface area contributed by atoms with E-state index >= 15 is 0 Å². The van der Waals surface area contributed by atoms with Gasteiger partial charge in [-0.3, -0.25) is 9.59 Å². The first-order chi connectivity index (χ1) is 11.4. The van der Waals surface area contributed by atoms with Crippen molar-refractivity contribution in [1.82, 2.24) is 0 Å². The highest BCUT2D eigenvalue weighted by Gasteiger charge is 2.13. The molecule has 0 heterocycles. The topological polar surface area (TPSA) is 72.5 Å². The molecular weight excluding hydrogens is 306 g/mol. The van der Waals surface area contributed by atoms with E-state index in [4.69, 9.17) is 4.74 Å². The minimum absolute atomic E-state index is 0.141. The first-order valence-electron chi connectivity index (χ1n) is 7.52. The summed E-state index contributed by atoms with van der Waals surface area (Å²) in [5, 5.41) is 2.74. The Balaban J connectivity index is 1.98. The van der Waals surface area contributed by atoms with Gasteiger partial charge in [0.25, 0.3) is 5.91 Å². The number of amides is 1. The van der Waals surface area contributed by atoms with E-state index < -0.39 is 18.5 Å². The summed E-state index contributed by atoms with van der Waals surface area (Å²) in [5.41, 5.74) is 3.25. The average molecular weight is 325 g/mol. The number of benzene rings is 2. The number of rotatable bonds is 5. The van der Waals surface area contributed by atoms with Crippen molar-refractivity contribution in [2.24, 2.45) is 0 Å². The van der Waals surface area contributed by atoms with Crippen molar-refractivity contribution < 1.29 is 19.1 Å². The van der Waals surface area contributed by atoms with Crippen LogP contribution in [0.1, 0.15) is 38.8 Å².